The molecule has 7 heteroatoms. The van der Waals surface area contributed by atoms with Gasteiger partial charge in [0, 0.05) is 10.9 Å². The smallest absolute Gasteiger partial charge is 0.270 e. The Morgan fingerprint density at radius 2 is 1.78 bits per heavy atom. The van der Waals surface area contributed by atoms with Gasteiger partial charge in [0.05, 0.1) is 29.3 Å². The average Bonchev–Trinajstić information content (AvgIpc) is 3.19. The zero-order chi connectivity index (χ0) is 25.1. The molecular weight excluding hydrogens is 488 g/mol. The highest BCUT2D eigenvalue weighted by Gasteiger charge is 2.34. The zero-order valence-electron chi connectivity index (χ0n) is 19.3. The van der Waals surface area contributed by atoms with Gasteiger partial charge >= 0.3 is 0 Å². The predicted molar refractivity (Wildman–Crippen MR) is 148 cm³/mol. The van der Waals surface area contributed by atoms with E-state index in [9.17, 15) is 10.1 Å². The molecule has 4 aromatic rings. The number of ether oxygens (including phenoxy) is 2. The monoisotopic (exact) mass is 508 g/mol. The lowest BCUT2D eigenvalue weighted by Crippen LogP contribution is -2.27. The Labute approximate surface area is 218 Å². The molecule has 5 nitrogen and oxygen atoms in total. The van der Waals surface area contributed by atoms with Crippen molar-refractivity contribution < 1.29 is 14.3 Å². The molecule has 0 atom stereocenters. The molecule has 176 valence electrons. The quantitative estimate of drug-likeness (QED) is 0.213. The largest absolute Gasteiger partial charge is 0.493 e. The Hall–Kier alpha value is -4.12. The van der Waals surface area contributed by atoms with Crippen molar-refractivity contribution in [3.63, 3.8) is 0 Å². The molecule has 0 aliphatic carbocycles. The molecule has 1 amide bonds. The summed E-state index contributed by atoms with van der Waals surface area (Å²) in [5, 5.41) is 11.3. The molecule has 0 bridgehead atoms. The molecule has 1 saturated heterocycles. The number of hydrogen-bond acceptors (Lipinski definition) is 6. The van der Waals surface area contributed by atoms with Crippen LogP contribution in [0.4, 0.5) is 5.69 Å². The van der Waals surface area contributed by atoms with E-state index in [-0.39, 0.29) is 12.5 Å². The number of nitrogens with zero attached hydrogens (tertiary/aromatic N) is 2. The van der Waals surface area contributed by atoms with Crippen molar-refractivity contribution in [2.24, 2.45) is 0 Å². The fourth-order valence-corrected chi connectivity index (χ4v) is 5.32. The van der Waals surface area contributed by atoms with Crippen LogP contribution in [0.2, 0.25) is 0 Å². The first kappa shape index (κ1) is 23.6. The third-order valence-corrected chi connectivity index (χ3v) is 7.11. The van der Waals surface area contributed by atoms with Gasteiger partial charge in [-0.1, -0.05) is 84.6 Å². The summed E-state index contributed by atoms with van der Waals surface area (Å²) in [5.41, 5.74) is 2.93. The first-order chi connectivity index (χ1) is 17.6. The maximum absolute atomic E-state index is 13.4. The molecule has 0 spiro atoms. The van der Waals surface area contributed by atoms with Crippen LogP contribution >= 0.6 is 24.0 Å². The number of thioether (sulfide) groups is 1. The maximum atomic E-state index is 13.4. The van der Waals surface area contributed by atoms with Crippen LogP contribution in [-0.4, -0.2) is 17.3 Å². The number of carbonyl (C=O) groups excluding carboxylic acids is 1. The van der Waals surface area contributed by atoms with Gasteiger partial charge in [0.2, 0.25) is 0 Å². The standard InChI is InChI=1S/C29H20N2O3S2/c1-33-26-15-19(13-14-25(26)34-18-22-9-3-2-8-21(22)17-30)16-27-28(32)31(29(35)36-27)24-12-6-10-20-7-4-5-11-23(20)24/h2-16H,18H2,1H3/b27-16+. The molecule has 0 aromatic heterocycles. The molecule has 0 unspecified atom stereocenters. The first-order valence-electron chi connectivity index (χ1n) is 11.1. The van der Waals surface area contributed by atoms with E-state index in [1.54, 1.807) is 24.1 Å². The second-order valence-electron chi connectivity index (χ2n) is 7.98. The Morgan fingerprint density at radius 3 is 2.61 bits per heavy atom. The molecular formula is C29H20N2O3S2. The molecule has 1 fully saturated rings. The summed E-state index contributed by atoms with van der Waals surface area (Å²) in [7, 11) is 1.56. The molecule has 1 heterocycles. The molecule has 0 radical (unpaired) electrons. The van der Waals surface area contributed by atoms with Crippen molar-refractivity contribution >= 4 is 56.7 Å². The fraction of sp³-hybridized carbons (Fsp3) is 0.0690. The Bertz CT molecular complexity index is 1570. The summed E-state index contributed by atoms with van der Waals surface area (Å²) in [4.78, 5) is 15.5. The highest BCUT2D eigenvalue weighted by atomic mass is 32.2. The third kappa shape index (κ3) is 4.57. The Balaban J connectivity index is 1.39. The van der Waals surface area contributed by atoms with E-state index in [0.717, 1.165) is 27.6 Å². The predicted octanol–water partition coefficient (Wildman–Crippen LogP) is 6.70. The van der Waals surface area contributed by atoms with Gasteiger partial charge in [-0.2, -0.15) is 5.26 Å². The van der Waals surface area contributed by atoms with E-state index in [4.69, 9.17) is 21.7 Å². The molecule has 36 heavy (non-hydrogen) atoms. The number of benzene rings is 4. The minimum atomic E-state index is -0.159. The highest BCUT2D eigenvalue weighted by molar-refractivity contribution is 8.27. The van der Waals surface area contributed by atoms with Crippen LogP contribution in [0.15, 0.2) is 89.8 Å². The number of thiocarbonyl (C=S) groups is 1. The molecule has 1 aliphatic rings. The van der Waals surface area contributed by atoms with Crippen LogP contribution < -0.4 is 14.4 Å². The van der Waals surface area contributed by atoms with E-state index in [2.05, 4.69) is 6.07 Å². The number of amides is 1. The third-order valence-electron chi connectivity index (χ3n) is 5.81. The van der Waals surface area contributed by atoms with Crippen LogP contribution in [0.5, 0.6) is 11.5 Å². The van der Waals surface area contributed by atoms with Crippen molar-refractivity contribution in [3.05, 3.63) is 107 Å². The number of nitriles is 1. The normalized spacial score (nSPS) is 14.3. The molecule has 0 N–H and O–H groups in total. The van der Waals surface area contributed by atoms with Crippen molar-refractivity contribution in [2.45, 2.75) is 6.61 Å². The summed E-state index contributed by atoms with van der Waals surface area (Å²) >= 11 is 6.86. The van der Waals surface area contributed by atoms with Gasteiger partial charge in [0.1, 0.15) is 6.61 Å². The summed E-state index contributed by atoms with van der Waals surface area (Å²) in [6.07, 6.45) is 1.81. The van der Waals surface area contributed by atoms with Crippen molar-refractivity contribution in [1.29, 1.82) is 5.26 Å². The number of rotatable bonds is 6. The second-order valence-corrected chi connectivity index (χ2v) is 9.66. The summed E-state index contributed by atoms with van der Waals surface area (Å²) in [6.45, 7) is 0.239. The fourth-order valence-electron chi connectivity index (χ4n) is 4.03. The number of fused-ring (bicyclic) bond motifs is 1. The number of carbonyl (C=O) groups is 1. The minimum Gasteiger partial charge on any atom is -0.493 e. The van der Waals surface area contributed by atoms with Crippen LogP contribution in [0.1, 0.15) is 16.7 Å². The summed E-state index contributed by atoms with van der Waals surface area (Å²) < 4.78 is 12.0. The lowest BCUT2D eigenvalue weighted by atomic mass is 10.1. The van der Waals surface area contributed by atoms with E-state index in [0.29, 0.717) is 26.3 Å². The van der Waals surface area contributed by atoms with Crippen LogP contribution in [0.25, 0.3) is 16.8 Å². The van der Waals surface area contributed by atoms with Gasteiger partial charge < -0.3 is 9.47 Å². The second kappa shape index (κ2) is 10.2. The van der Waals surface area contributed by atoms with Gasteiger partial charge in [0.15, 0.2) is 15.8 Å². The van der Waals surface area contributed by atoms with E-state index in [1.165, 1.54) is 11.8 Å². The van der Waals surface area contributed by atoms with Crippen molar-refractivity contribution in [2.75, 3.05) is 12.0 Å². The van der Waals surface area contributed by atoms with E-state index >= 15 is 0 Å². The van der Waals surface area contributed by atoms with Gasteiger partial charge in [0.25, 0.3) is 5.91 Å². The summed E-state index contributed by atoms with van der Waals surface area (Å²) in [6, 6.07) is 28.7. The van der Waals surface area contributed by atoms with Gasteiger partial charge in [-0.25, -0.2) is 0 Å². The van der Waals surface area contributed by atoms with Gasteiger partial charge in [-0.05, 0) is 41.3 Å². The van der Waals surface area contributed by atoms with Crippen LogP contribution in [0, 0.1) is 11.3 Å². The SMILES string of the molecule is COc1cc(/C=C2/SC(=S)N(c3cccc4ccccc34)C2=O)ccc1OCc1ccccc1C#N. The Morgan fingerprint density at radius 1 is 1.00 bits per heavy atom. The van der Waals surface area contributed by atoms with E-state index in [1.807, 2.05) is 78.9 Å². The number of anilines is 1. The molecule has 4 aromatic carbocycles. The lowest BCUT2D eigenvalue weighted by molar-refractivity contribution is -0.113. The lowest BCUT2D eigenvalue weighted by Gasteiger charge is -2.17. The van der Waals surface area contributed by atoms with Crippen LogP contribution in [0.3, 0.4) is 0 Å². The average molecular weight is 509 g/mol. The Kier molecular flexibility index (Phi) is 6.72. The van der Waals surface area contributed by atoms with Crippen molar-refractivity contribution in [1.82, 2.24) is 0 Å². The zero-order valence-corrected chi connectivity index (χ0v) is 20.9. The summed E-state index contributed by atoms with van der Waals surface area (Å²) in [5.74, 6) is 0.919. The van der Waals surface area contributed by atoms with Gasteiger partial charge in [-0.3, -0.25) is 9.69 Å². The van der Waals surface area contributed by atoms with Gasteiger partial charge in [-0.15, -0.1) is 0 Å². The molecule has 0 saturated carbocycles. The van der Waals surface area contributed by atoms with E-state index < -0.39 is 0 Å². The number of hydrogen-bond donors (Lipinski definition) is 0. The van der Waals surface area contributed by atoms with Crippen LogP contribution in [-0.2, 0) is 11.4 Å². The maximum Gasteiger partial charge on any atom is 0.270 e. The topological polar surface area (TPSA) is 62.6 Å². The molecule has 5 rings (SSSR count). The minimum absolute atomic E-state index is 0.159. The number of methoxy groups -OCH3 is 1. The molecule has 1 aliphatic heterocycles. The first-order valence-corrected chi connectivity index (χ1v) is 12.4. The van der Waals surface area contributed by atoms with Crippen molar-refractivity contribution in [3.8, 4) is 17.6 Å². The highest BCUT2D eigenvalue weighted by Crippen LogP contribution is 2.39.